The van der Waals surface area contributed by atoms with Gasteiger partial charge in [0.2, 0.25) is 0 Å². The number of nitrogens with zero attached hydrogens (tertiary/aromatic N) is 1. The predicted octanol–water partition coefficient (Wildman–Crippen LogP) is 2.86. The van der Waals surface area contributed by atoms with Crippen LogP contribution in [-0.4, -0.2) is 25.8 Å². The molecule has 0 spiro atoms. The summed E-state index contributed by atoms with van der Waals surface area (Å²) in [6.45, 7) is 1.17. The minimum absolute atomic E-state index is 0.501. The van der Waals surface area contributed by atoms with Crippen molar-refractivity contribution in [2.24, 2.45) is 0 Å². The van der Waals surface area contributed by atoms with E-state index < -0.39 is 10.2 Å². The summed E-state index contributed by atoms with van der Waals surface area (Å²) in [5, 5.41) is 0.556. The molecule has 1 saturated heterocycles. The summed E-state index contributed by atoms with van der Waals surface area (Å²) in [5.74, 6) is 0. The van der Waals surface area contributed by atoms with E-state index in [4.69, 9.17) is 11.6 Å². The van der Waals surface area contributed by atoms with Crippen LogP contribution in [0.4, 0.5) is 5.69 Å². The predicted molar refractivity (Wildman–Crippen MR) is 72.5 cm³/mol. The van der Waals surface area contributed by atoms with Crippen LogP contribution < -0.4 is 4.72 Å². The van der Waals surface area contributed by atoms with Gasteiger partial charge >= 0.3 is 10.2 Å². The number of hydrogen-bond acceptors (Lipinski definition) is 2. The number of benzene rings is 1. The Morgan fingerprint density at radius 2 is 1.94 bits per heavy atom. The topological polar surface area (TPSA) is 49.4 Å². The van der Waals surface area contributed by atoms with Gasteiger partial charge < -0.3 is 0 Å². The lowest BCUT2D eigenvalue weighted by Crippen LogP contribution is -2.33. The molecule has 17 heavy (non-hydrogen) atoms. The highest BCUT2D eigenvalue weighted by molar-refractivity contribution is 9.10. The maximum absolute atomic E-state index is 12.0. The average molecular weight is 340 g/mol. The molecule has 1 aromatic carbocycles. The van der Waals surface area contributed by atoms with Crippen molar-refractivity contribution in [2.45, 2.75) is 12.8 Å². The minimum Gasteiger partial charge on any atom is -0.270 e. The maximum atomic E-state index is 12.0. The molecule has 94 valence electrons. The Morgan fingerprint density at radius 3 is 2.53 bits per heavy atom. The Bertz CT molecular complexity index is 515. The molecule has 1 heterocycles. The summed E-state index contributed by atoms with van der Waals surface area (Å²) >= 11 is 9.08. The van der Waals surface area contributed by atoms with Crippen LogP contribution in [0.25, 0.3) is 0 Å². The van der Waals surface area contributed by atoms with Crippen LogP contribution in [0.3, 0.4) is 0 Å². The van der Waals surface area contributed by atoms with Crippen LogP contribution in [0.1, 0.15) is 12.8 Å². The molecule has 0 atom stereocenters. The van der Waals surface area contributed by atoms with E-state index in [2.05, 4.69) is 20.7 Å². The van der Waals surface area contributed by atoms with E-state index in [1.807, 2.05) is 0 Å². The second-order valence-corrected chi connectivity index (χ2v) is 6.80. The SMILES string of the molecule is O=S(=O)(Nc1ccc(Cl)cc1Br)N1CCCC1. The highest BCUT2D eigenvalue weighted by Gasteiger charge is 2.25. The van der Waals surface area contributed by atoms with Crippen LogP contribution in [0.2, 0.25) is 5.02 Å². The first-order valence-electron chi connectivity index (χ1n) is 5.22. The number of hydrogen-bond donors (Lipinski definition) is 1. The summed E-state index contributed by atoms with van der Waals surface area (Å²) < 4.78 is 28.6. The number of halogens is 2. The first-order valence-corrected chi connectivity index (χ1v) is 7.83. The molecular formula is C10H12BrClN2O2S. The molecule has 2 rings (SSSR count). The third kappa shape index (κ3) is 3.13. The van der Waals surface area contributed by atoms with Gasteiger partial charge in [-0.15, -0.1) is 0 Å². The average Bonchev–Trinajstić information content (AvgIpc) is 2.76. The van der Waals surface area contributed by atoms with Gasteiger partial charge in [0, 0.05) is 22.6 Å². The number of rotatable bonds is 3. The van der Waals surface area contributed by atoms with Crippen molar-refractivity contribution in [2.75, 3.05) is 17.8 Å². The van der Waals surface area contributed by atoms with E-state index in [1.165, 1.54) is 4.31 Å². The molecule has 1 fully saturated rings. The lowest BCUT2D eigenvalue weighted by Gasteiger charge is -2.17. The molecular weight excluding hydrogens is 328 g/mol. The van der Waals surface area contributed by atoms with Crippen molar-refractivity contribution in [3.05, 3.63) is 27.7 Å². The molecule has 0 aliphatic carbocycles. The monoisotopic (exact) mass is 338 g/mol. The lowest BCUT2D eigenvalue weighted by atomic mass is 10.3. The molecule has 1 N–H and O–H groups in total. The zero-order valence-corrected chi connectivity index (χ0v) is 12.1. The Kier molecular flexibility index (Phi) is 3.97. The fraction of sp³-hybridized carbons (Fsp3) is 0.400. The van der Waals surface area contributed by atoms with Crippen LogP contribution in [0.15, 0.2) is 22.7 Å². The second-order valence-electron chi connectivity index (χ2n) is 3.84. The van der Waals surface area contributed by atoms with E-state index in [1.54, 1.807) is 18.2 Å². The van der Waals surface area contributed by atoms with Crippen molar-refractivity contribution < 1.29 is 8.42 Å². The summed E-state index contributed by atoms with van der Waals surface area (Å²) in [4.78, 5) is 0. The normalized spacial score (nSPS) is 17.3. The van der Waals surface area contributed by atoms with Gasteiger partial charge in [0.05, 0.1) is 5.69 Å². The molecule has 0 amide bonds. The molecule has 0 bridgehead atoms. The van der Waals surface area contributed by atoms with Crippen molar-refractivity contribution in [1.82, 2.24) is 4.31 Å². The van der Waals surface area contributed by atoms with Gasteiger partial charge in [0.15, 0.2) is 0 Å². The van der Waals surface area contributed by atoms with E-state index >= 15 is 0 Å². The van der Waals surface area contributed by atoms with Gasteiger partial charge in [-0.3, -0.25) is 4.72 Å². The fourth-order valence-electron chi connectivity index (χ4n) is 1.70. The zero-order valence-electron chi connectivity index (χ0n) is 8.99. The molecule has 1 aliphatic rings. The number of nitrogens with one attached hydrogen (secondary N) is 1. The molecule has 0 unspecified atom stereocenters. The molecule has 1 aliphatic heterocycles. The Hall–Kier alpha value is -0.300. The quantitative estimate of drug-likeness (QED) is 0.920. The first-order chi connectivity index (χ1) is 7.99. The van der Waals surface area contributed by atoms with Gasteiger partial charge in [-0.25, -0.2) is 0 Å². The van der Waals surface area contributed by atoms with E-state index in [-0.39, 0.29) is 0 Å². The van der Waals surface area contributed by atoms with Gasteiger partial charge in [-0.2, -0.15) is 12.7 Å². The largest absolute Gasteiger partial charge is 0.301 e. The lowest BCUT2D eigenvalue weighted by molar-refractivity contribution is 0.482. The van der Waals surface area contributed by atoms with Crippen molar-refractivity contribution in [3.63, 3.8) is 0 Å². The molecule has 7 heteroatoms. The summed E-state index contributed by atoms with van der Waals surface area (Å²) in [6, 6.07) is 4.94. The van der Waals surface area contributed by atoms with Crippen molar-refractivity contribution in [1.29, 1.82) is 0 Å². The Labute approximate surface area is 114 Å². The van der Waals surface area contributed by atoms with E-state index in [0.29, 0.717) is 28.3 Å². The maximum Gasteiger partial charge on any atom is 0.301 e. The first kappa shape index (κ1) is 13.1. The highest BCUT2D eigenvalue weighted by atomic mass is 79.9. The molecule has 0 radical (unpaired) electrons. The molecule has 4 nitrogen and oxygen atoms in total. The standard InChI is InChI=1S/C10H12BrClN2O2S/c11-9-7-8(12)3-4-10(9)13-17(15,16)14-5-1-2-6-14/h3-4,7,13H,1-2,5-6H2. The highest BCUT2D eigenvalue weighted by Crippen LogP contribution is 2.27. The van der Waals surface area contributed by atoms with E-state index in [9.17, 15) is 8.42 Å². The zero-order chi connectivity index (χ0) is 12.5. The number of anilines is 1. The third-order valence-corrected chi connectivity index (χ3v) is 4.99. The van der Waals surface area contributed by atoms with Gasteiger partial charge in [-0.05, 0) is 47.0 Å². The van der Waals surface area contributed by atoms with Crippen LogP contribution in [0, 0.1) is 0 Å². The van der Waals surface area contributed by atoms with Crippen LogP contribution in [0.5, 0.6) is 0 Å². The molecule has 0 saturated carbocycles. The van der Waals surface area contributed by atoms with Crippen LogP contribution >= 0.6 is 27.5 Å². The Balaban J connectivity index is 2.19. The van der Waals surface area contributed by atoms with Crippen LogP contribution in [-0.2, 0) is 10.2 Å². The van der Waals surface area contributed by atoms with E-state index in [0.717, 1.165) is 12.8 Å². The smallest absolute Gasteiger partial charge is 0.270 e. The second kappa shape index (κ2) is 5.14. The van der Waals surface area contributed by atoms with Crippen molar-refractivity contribution >= 4 is 43.4 Å². The molecule has 1 aromatic rings. The van der Waals surface area contributed by atoms with Gasteiger partial charge in [-0.1, -0.05) is 11.6 Å². The Morgan fingerprint density at radius 1 is 1.29 bits per heavy atom. The summed E-state index contributed by atoms with van der Waals surface area (Å²) in [5.41, 5.74) is 0.501. The third-order valence-electron chi connectivity index (χ3n) is 2.58. The summed E-state index contributed by atoms with van der Waals surface area (Å²) in [7, 11) is -3.44. The fourth-order valence-corrected chi connectivity index (χ4v) is 3.94. The van der Waals surface area contributed by atoms with Gasteiger partial charge in [0.25, 0.3) is 0 Å². The molecule has 0 aromatic heterocycles. The summed E-state index contributed by atoms with van der Waals surface area (Å²) in [6.07, 6.45) is 1.84. The van der Waals surface area contributed by atoms with Crippen molar-refractivity contribution in [3.8, 4) is 0 Å². The minimum atomic E-state index is -3.44. The van der Waals surface area contributed by atoms with Gasteiger partial charge in [0.1, 0.15) is 0 Å².